The number of benzene rings is 1. The average Bonchev–Trinajstić information content (AvgIpc) is 2.81. The number of anilines is 1. The van der Waals surface area contributed by atoms with Gasteiger partial charge in [-0.05, 0) is 37.0 Å². The van der Waals surface area contributed by atoms with Crippen LogP contribution in [0.25, 0.3) is 11.2 Å². The molecular formula is C24H29N5O2. The highest BCUT2D eigenvalue weighted by molar-refractivity contribution is 5.79. The van der Waals surface area contributed by atoms with Crippen molar-refractivity contribution >= 4 is 22.9 Å². The lowest BCUT2D eigenvalue weighted by Gasteiger charge is -2.32. The van der Waals surface area contributed by atoms with Gasteiger partial charge in [-0.2, -0.15) is 0 Å². The van der Waals surface area contributed by atoms with Crippen LogP contribution in [0.1, 0.15) is 38.2 Å². The minimum absolute atomic E-state index is 0.00164. The van der Waals surface area contributed by atoms with E-state index in [4.69, 9.17) is 0 Å². The molecule has 1 aliphatic rings. The first kappa shape index (κ1) is 21.0. The van der Waals surface area contributed by atoms with Crippen LogP contribution in [-0.2, 0) is 11.3 Å². The lowest BCUT2D eigenvalue weighted by molar-refractivity contribution is -0.125. The number of hydrogen-bond donors (Lipinski definition) is 1. The molecule has 1 aliphatic heterocycles. The van der Waals surface area contributed by atoms with Crippen molar-refractivity contribution in [1.29, 1.82) is 0 Å². The summed E-state index contributed by atoms with van der Waals surface area (Å²) in [6.45, 7) is 4.58. The summed E-state index contributed by atoms with van der Waals surface area (Å²) in [6, 6.07) is 13.6. The van der Waals surface area contributed by atoms with Gasteiger partial charge in [0.05, 0.1) is 6.54 Å². The standard InChI is InChI=1S/C24H29N5O2/c1-2-3-13-26-23(30)19-11-15-28(16-12-19)22-24(31)29(17-18-8-5-4-6-9-18)21-20(27-22)10-7-14-25-21/h4-10,14,19H,2-3,11-13,15-17H2,1H3,(H,26,30). The topological polar surface area (TPSA) is 80.1 Å². The molecule has 0 aliphatic carbocycles. The molecule has 4 rings (SSSR count). The number of nitrogens with one attached hydrogen (secondary N) is 1. The van der Waals surface area contributed by atoms with Crippen molar-refractivity contribution in [2.24, 2.45) is 5.92 Å². The summed E-state index contributed by atoms with van der Waals surface area (Å²) in [4.78, 5) is 36.9. The van der Waals surface area contributed by atoms with Gasteiger partial charge in [-0.15, -0.1) is 0 Å². The Hall–Kier alpha value is -3.22. The summed E-state index contributed by atoms with van der Waals surface area (Å²) in [5.74, 6) is 0.577. The monoisotopic (exact) mass is 419 g/mol. The number of rotatable bonds is 7. The molecule has 1 saturated heterocycles. The van der Waals surface area contributed by atoms with E-state index in [1.807, 2.05) is 47.4 Å². The van der Waals surface area contributed by atoms with Crippen molar-refractivity contribution in [1.82, 2.24) is 19.9 Å². The number of amides is 1. The molecule has 7 nitrogen and oxygen atoms in total. The van der Waals surface area contributed by atoms with E-state index in [1.165, 1.54) is 0 Å². The van der Waals surface area contributed by atoms with Crippen LogP contribution in [-0.4, -0.2) is 40.1 Å². The van der Waals surface area contributed by atoms with E-state index < -0.39 is 0 Å². The van der Waals surface area contributed by atoms with Crippen LogP contribution in [0.3, 0.4) is 0 Å². The van der Waals surface area contributed by atoms with Crippen molar-refractivity contribution in [3.63, 3.8) is 0 Å². The van der Waals surface area contributed by atoms with Crippen molar-refractivity contribution in [3.8, 4) is 0 Å². The number of fused-ring (bicyclic) bond motifs is 1. The third kappa shape index (κ3) is 4.76. The van der Waals surface area contributed by atoms with Gasteiger partial charge in [-0.1, -0.05) is 43.7 Å². The van der Waals surface area contributed by atoms with Crippen molar-refractivity contribution in [2.75, 3.05) is 24.5 Å². The predicted molar refractivity (Wildman–Crippen MR) is 122 cm³/mol. The van der Waals surface area contributed by atoms with Gasteiger partial charge in [0, 0.05) is 31.7 Å². The van der Waals surface area contributed by atoms with Crippen molar-refractivity contribution in [2.45, 2.75) is 39.2 Å². The summed E-state index contributed by atoms with van der Waals surface area (Å²) >= 11 is 0. The summed E-state index contributed by atoms with van der Waals surface area (Å²) < 4.78 is 1.70. The van der Waals surface area contributed by atoms with E-state index in [0.29, 0.717) is 36.6 Å². The Morgan fingerprint density at radius 3 is 2.65 bits per heavy atom. The Morgan fingerprint density at radius 2 is 1.90 bits per heavy atom. The minimum atomic E-state index is -0.138. The maximum atomic E-state index is 13.4. The Kier molecular flexibility index (Phi) is 6.60. The SMILES string of the molecule is CCCCNC(=O)C1CCN(c2nc3cccnc3n(Cc3ccccc3)c2=O)CC1. The van der Waals surface area contributed by atoms with E-state index in [2.05, 4.69) is 22.2 Å². The highest BCUT2D eigenvalue weighted by Crippen LogP contribution is 2.22. The van der Waals surface area contributed by atoms with Gasteiger partial charge in [0.15, 0.2) is 11.5 Å². The summed E-state index contributed by atoms with van der Waals surface area (Å²) in [5, 5.41) is 3.03. The smallest absolute Gasteiger partial charge is 0.295 e. The second-order valence-electron chi connectivity index (χ2n) is 8.06. The van der Waals surface area contributed by atoms with Crippen LogP contribution in [0.5, 0.6) is 0 Å². The number of hydrogen-bond acceptors (Lipinski definition) is 5. The fourth-order valence-corrected chi connectivity index (χ4v) is 4.07. The summed E-state index contributed by atoms with van der Waals surface area (Å²) in [6.07, 6.45) is 5.20. The van der Waals surface area contributed by atoms with Gasteiger partial charge < -0.3 is 10.2 Å². The van der Waals surface area contributed by atoms with E-state index in [1.54, 1.807) is 10.8 Å². The number of carbonyl (C=O) groups excluding carboxylic acids is 1. The number of nitrogens with zero attached hydrogens (tertiary/aromatic N) is 4. The van der Waals surface area contributed by atoms with E-state index in [9.17, 15) is 9.59 Å². The normalized spacial score (nSPS) is 14.7. The molecule has 0 atom stereocenters. The number of piperidine rings is 1. The van der Waals surface area contributed by atoms with Crippen molar-refractivity contribution < 1.29 is 4.79 Å². The first-order chi connectivity index (χ1) is 15.2. The summed E-state index contributed by atoms with van der Waals surface area (Å²) in [7, 11) is 0. The van der Waals surface area contributed by atoms with Crippen LogP contribution < -0.4 is 15.8 Å². The predicted octanol–water partition coefficient (Wildman–Crippen LogP) is 2.97. The average molecular weight is 420 g/mol. The van der Waals surface area contributed by atoms with E-state index in [-0.39, 0.29) is 17.4 Å². The van der Waals surface area contributed by atoms with Crippen molar-refractivity contribution in [3.05, 3.63) is 64.6 Å². The van der Waals surface area contributed by atoms with Crippen LogP contribution in [0, 0.1) is 5.92 Å². The zero-order valence-electron chi connectivity index (χ0n) is 18.0. The zero-order chi connectivity index (χ0) is 21.6. The second-order valence-corrected chi connectivity index (χ2v) is 8.06. The maximum Gasteiger partial charge on any atom is 0.295 e. The third-order valence-electron chi connectivity index (χ3n) is 5.86. The molecule has 1 N–H and O–H groups in total. The van der Waals surface area contributed by atoms with Crippen LogP contribution in [0.2, 0.25) is 0 Å². The Labute approximate surface area is 182 Å². The van der Waals surface area contributed by atoms with Gasteiger partial charge in [0.25, 0.3) is 5.56 Å². The molecule has 0 unspecified atom stereocenters. The van der Waals surface area contributed by atoms with E-state index in [0.717, 1.165) is 37.8 Å². The van der Waals surface area contributed by atoms with Crippen LogP contribution >= 0.6 is 0 Å². The molecule has 3 aromatic rings. The Morgan fingerprint density at radius 1 is 1.13 bits per heavy atom. The zero-order valence-corrected chi connectivity index (χ0v) is 18.0. The summed E-state index contributed by atoms with van der Waals surface area (Å²) in [5.41, 5.74) is 2.19. The number of unbranched alkanes of at least 4 members (excludes halogenated alkanes) is 1. The molecule has 0 bridgehead atoms. The minimum Gasteiger partial charge on any atom is -0.356 e. The highest BCUT2D eigenvalue weighted by Gasteiger charge is 2.27. The van der Waals surface area contributed by atoms with Gasteiger partial charge in [0.2, 0.25) is 5.91 Å². The molecule has 0 saturated carbocycles. The van der Waals surface area contributed by atoms with Gasteiger partial charge >= 0.3 is 0 Å². The van der Waals surface area contributed by atoms with Gasteiger partial charge in [0.1, 0.15) is 5.52 Å². The molecule has 1 aromatic carbocycles. The molecule has 7 heteroatoms. The molecule has 0 spiro atoms. The first-order valence-electron chi connectivity index (χ1n) is 11.1. The molecule has 0 radical (unpaired) electrons. The molecular weight excluding hydrogens is 390 g/mol. The molecule has 162 valence electrons. The molecule has 1 fully saturated rings. The number of pyridine rings is 1. The molecule has 2 aromatic heterocycles. The number of aromatic nitrogens is 3. The maximum absolute atomic E-state index is 13.4. The fraction of sp³-hybridized carbons (Fsp3) is 0.417. The largest absolute Gasteiger partial charge is 0.356 e. The fourth-order valence-electron chi connectivity index (χ4n) is 4.07. The molecule has 31 heavy (non-hydrogen) atoms. The van der Waals surface area contributed by atoms with Crippen LogP contribution in [0.4, 0.5) is 5.82 Å². The van der Waals surface area contributed by atoms with Gasteiger partial charge in [-0.3, -0.25) is 14.2 Å². The van der Waals surface area contributed by atoms with Gasteiger partial charge in [-0.25, -0.2) is 9.97 Å². The Balaban J connectivity index is 1.57. The Bertz CT molecular complexity index is 1090. The first-order valence-corrected chi connectivity index (χ1v) is 11.1. The molecule has 3 heterocycles. The lowest BCUT2D eigenvalue weighted by atomic mass is 9.96. The number of carbonyl (C=O) groups is 1. The molecule has 1 amide bonds. The highest BCUT2D eigenvalue weighted by atomic mass is 16.2. The quantitative estimate of drug-likeness (QED) is 0.596. The van der Waals surface area contributed by atoms with Crippen LogP contribution in [0.15, 0.2) is 53.5 Å². The lowest BCUT2D eigenvalue weighted by Crippen LogP contribution is -2.43. The second kappa shape index (κ2) is 9.73. The third-order valence-corrected chi connectivity index (χ3v) is 5.86. The van der Waals surface area contributed by atoms with E-state index >= 15 is 0 Å².